The predicted molar refractivity (Wildman–Crippen MR) is 90.4 cm³/mol. The topological polar surface area (TPSA) is 16.1 Å². The van der Waals surface area contributed by atoms with Crippen LogP contribution in [0.5, 0.6) is 0 Å². The van der Waals surface area contributed by atoms with Gasteiger partial charge in [-0.1, -0.05) is 42.5 Å². The second-order valence-corrected chi connectivity index (χ2v) is 5.13. The van der Waals surface area contributed by atoms with Crippen molar-refractivity contribution in [2.45, 2.75) is 12.8 Å². The third kappa shape index (κ3) is 2.59. The summed E-state index contributed by atoms with van der Waals surface area (Å²) in [5, 5.41) is 2.46. The van der Waals surface area contributed by atoms with E-state index in [1.807, 2.05) is 18.3 Å². The minimum absolute atomic E-state index is 0.463. The van der Waals surface area contributed by atoms with E-state index in [-0.39, 0.29) is 0 Å². The molecule has 0 amide bonds. The predicted octanol–water partition coefficient (Wildman–Crippen LogP) is 5.13. The fraction of sp³-hybridized carbons (Fsp3) is 0.167. The zero-order valence-electron chi connectivity index (χ0n) is 12.0. The van der Waals surface area contributed by atoms with Gasteiger partial charge in [0.2, 0.25) is 0 Å². The number of alkyl halides is 1. The van der Waals surface area contributed by atoms with Gasteiger partial charge in [-0.3, -0.25) is 0 Å². The first kappa shape index (κ1) is 13.9. The van der Waals surface area contributed by atoms with E-state index in [9.17, 15) is 0 Å². The average molecular weight is 297 g/mol. The number of hydrogen-bond acceptors (Lipinski definition) is 2. The molecule has 0 atom stereocenters. The van der Waals surface area contributed by atoms with Crippen molar-refractivity contribution in [3.63, 3.8) is 0 Å². The lowest BCUT2D eigenvalue weighted by Crippen LogP contribution is -2.19. The molecular weight excluding hydrogens is 280 g/mol. The molecule has 106 valence electrons. The average Bonchev–Trinajstić information content (AvgIpc) is 2.56. The Hall–Kier alpha value is -2.06. The molecule has 0 saturated heterocycles. The van der Waals surface area contributed by atoms with E-state index < -0.39 is 0 Å². The molecule has 0 radical (unpaired) electrons. The van der Waals surface area contributed by atoms with Crippen molar-refractivity contribution in [1.82, 2.24) is 4.98 Å². The molecule has 0 saturated carbocycles. The van der Waals surface area contributed by atoms with Gasteiger partial charge in [0.25, 0.3) is 0 Å². The number of anilines is 2. The maximum Gasteiger partial charge on any atom is 0.137 e. The van der Waals surface area contributed by atoms with Crippen molar-refractivity contribution >= 4 is 33.9 Å². The second kappa shape index (κ2) is 6.15. The van der Waals surface area contributed by atoms with Gasteiger partial charge in [-0.2, -0.15) is 0 Å². The lowest BCUT2D eigenvalue weighted by molar-refractivity contribution is 0.981. The molecule has 3 rings (SSSR count). The Morgan fingerprint density at radius 3 is 2.62 bits per heavy atom. The molecule has 0 spiro atoms. The summed E-state index contributed by atoms with van der Waals surface area (Å²) in [5.74, 6) is 1.40. The number of halogens is 1. The quantitative estimate of drug-likeness (QED) is 0.620. The zero-order chi connectivity index (χ0) is 14.7. The maximum atomic E-state index is 6.07. The second-order valence-electron chi connectivity index (χ2n) is 4.86. The van der Waals surface area contributed by atoms with Crippen LogP contribution in [0, 0.1) is 0 Å². The molecule has 0 aliphatic rings. The Kier molecular flexibility index (Phi) is 4.07. The standard InChI is InChI=1S/C18H17ClN2/c1-2-21(18-15(13-19)9-6-12-20-18)17-11-5-8-14-7-3-4-10-16(14)17/h3-12H,2,13H2,1H3. The van der Waals surface area contributed by atoms with Gasteiger partial charge in [0, 0.05) is 23.7 Å². The molecular formula is C18H17ClN2. The highest BCUT2D eigenvalue weighted by Gasteiger charge is 2.14. The normalized spacial score (nSPS) is 10.8. The Morgan fingerprint density at radius 2 is 1.81 bits per heavy atom. The highest BCUT2D eigenvalue weighted by atomic mass is 35.5. The van der Waals surface area contributed by atoms with Crippen molar-refractivity contribution in [1.29, 1.82) is 0 Å². The molecule has 3 heteroatoms. The molecule has 2 aromatic carbocycles. The summed E-state index contributed by atoms with van der Waals surface area (Å²) in [4.78, 5) is 6.77. The van der Waals surface area contributed by atoms with Crippen molar-refractivity contribution in [3.05, 3.63) is 66.4 Å². The first-order chi connectivity index (χ1) is 10.3. The van der Waals surface area contributed by atoms with Gasteiger partial charge in [0.15, 0.2) is 0 Å². The van der Waals surface area contributed by atoms with Crippen LogP contribution in [0.15, 0.2) is 60.8 Å². The van der Waals surface area contributed by atoms with Crippen LogP contribution >= 0.6 is 11.6 Å². The minimum Gasteiger partial charge on any atom is -0.326 e. The molecule has 3 aromatic rings. The van der Waals surface area contributed by atoms with Gasteiger partial charge in [0.1, 0.15) is 5.82 Å². The van der Waals surface area contributed by atoms with Crippen LogP contribution in [0.4, 0.5) is 11.5 Å². The van der Waals surface area contributed by atoms with E-state index in [1.54, 1.807) is 0 Å². The fourth-order valence-corrected chi connectivity index (χ4v) is 2.86. The molecule has 1 heterocycles. The molecule has 21 heavy (non-hydrogen) atoms. The third-order valence-corrected chi connectivity index (χ3v) is 3.93. The molecule has 0 aliphatic heterocycles. The first-order valence-electron chi connectivity index (χ1n) is 7.10. The van der Waals surface area contributed by atoms with E-state index >= 15 is 0 Å². The smallest absolute Gasteiger partial charge is 0.137 e. The van der Waals surface area contributed by atoms with Crippen molar-refractivity contribution in [2.75, 3.05) is 11.4 Å². The van der Waals surface area contributed by atoms with E-state index in [0.29, 0.717) is 5.88 Å². The Bertz CT molecular complexity index is 750. The number of fused-ring (bicyclic) bond motifs is 1. The van der Waals surface area contributed by atoms with Gasteiger partial charge < -0.3 is 4.90 Å². The monoisotopic (exact) mass is 296 g/mol. The molecule has 0 unspecified atom stereocenters. The molecule has 2 nitrogen and oxygen atoms in total. The van der Waals surface area contributed by atoms with Crippen molar-refractivity contribution in [3.8, 4) is 0 Å². The van der Waals surface area contributed by atoms with Crippen LogP contribution in [0.1, 0.15) is 12.5 Å². The summed E-state index contributed by atoms with van der Waals surface area (Å²) in [6, 6.07) is 18.7. The largest absolute Gasteiger partial charge is 0.326 e. The van der Waals surface area contributed by atoms with E-state index in [2.05, 4.69) is 59.3 Å². The summed E-state index contributed by atoms with van der Waals surface area (Å²) in [7, 11) is 0. The molecule has 0 fully saturated rings. The third-order valence-electron chi connectivity index (χ3n) is 3.64. The SMILES string of the molecule is CCN(c1ncccc1CCl)c1cccc2ccccc12. The van der Waals surface area contributed by atoms with E-state index in [1.165, 1.54) is 16.5 Å². The van der Waals surface area contributed by atoms with Crippen LogP contribution in [0.3, 0.4) is 0 Å². The van der Waals surface area contributed by atoms with Gasteiger partial charge >= 0.3 is 0 Å². The number of hydrogen-bond donors (Lipinski definition) is 0. The number of rotatable bonds is 4. The van der Waals surface area contributed by atoms with Crippen LogP contribution in [-0.4, -0.2) is 11.5 Å². The van der Waals surface area contributed by atoms with Gasteiger partial charge in [-0.05, 0) is 24.4 Å². The van der Waals surface area contributed by atoms with Gasteiger partial charge in [-0.15, -0.1) is 11.6 Å². The zero-order valence-corrected chi connectivity index (χ0v) is 12.7. The summed E-state index contributed by atoms with van der Waals surface area (Å²) in [5.41, 5.74) is 2.22. The summed E-state index contributed by atoms with van der Waals surface area (Å²) in [6.45, 7) is 2.98. The lowest BCUT2D eigenvalue weighted by atomic mass is 10.1. The summed E-state index contributed by atoms with van der Waals surface area (Å²) < 4.78 is 0. The van der Waals surface area contributed by atoms with E-state index in [0.717, 1.165) is 17.9 Å². The first-order valence-corrected chi connectivity index (χ1v) is 7.63. The minimum atomic E-state index is 0.463. The Labute approximate surface area is 130 Å². The van der Waals surface area contributed by atoms with Crippen LogP contribution in [0.2, 0.25) is 0 Å². The number of nitrogens with zero attached hydrogens (tertiary/aromatic N) is 2. The van der Waals surface area contributed by atoms with Crippen LogP contribution in [0.25, 0.3) is 10.8 Å². The number of pyridine rings is 1. The van der Waals surface area contributed by atoms with Crippen LogP contribution < -0.4 is 4.90 Å². The van der Waals surface area contributed by atoms with Crippen LogP contribution in [-0.2, 0) is 5.88 Å². The lowest BCUT2D eigenvalue weighted by Gasteiger charge is -2.25. The summed E-state index contributed by atoms with van der Waals surface area (Å²) >= 11 is 6.07. The molecule has 0 aliphatic carbocycles. The number of aromatic nitrogens is 1. The van der Waals surface area contributed by atoms with Gasteiger partial charge in [0.05, 0.1) is 11.6 Å². The highest BCUT2D eigenvalue weighted by molar-refractivity contribution is 6.17. The fourth-order valence-electron chi connectivity index (χ4n) is 2.66. The van der Waals surface area contributed by atoms with Gasteiger partial charge in [-0.25, -0.2) is 4.98 Å². The Morgan fingerprint density at radius 1 is 1.00 bits per heavy atom. The highest BCUT2D eigenvalue weighted by Crippen LogP contribution is 2.33. The van der Waals surface area contributed by atoms with Crippen molar-refractivity contribution in [2.24, 2.45) is 0 Å². The van der Waals surface area contributed by atoms with Crippen molar-refractivity contribution < 1.29 is 0 Å². The molecule has 0 bridgehead atoms. The summed E-state index contributed by atoms with van der Waals surface area (Å²) in [6.07, 6.45) is 1.82. The maximum absolute atomic E-state index is 6.07. The number of benzene rings is 2. The molecule has 1 aromatic heterocycles. The molecule has 0 N–H and O–H groups in total. The Balaban J connectivity index is 2.19. The van der Waals surface area contributed by atoms with E-state index in [4.69, 9.17) is 11.6 Å².